The first kappa shape index (κ1) is 13.8. The molecule has 0 unspecified atom stereocenters. The van der Waals surface area contributed by atoms with Crippen LogP contribution < -0.4 is 16.0 Å². The van der Waals surface area contributed by atoms with Gasteiger partial charge in [0.05, 0.1) is 11.9 Å². The lowest BCUT2D eigenvalue weighted by Gasteiger charge is -2.18. The minimum Gasteiger partial charge on any atom is -0.368 e. The van der Waals surface area contributed by atoms with Crippen molar-refractivity contribution >= 4 is 11.8 Å². The van der Waals surface area contributed by atoms with Crippen LogP contribution in [0.15, 0.2) is 12.3 Å². The van der Waals surface area contributed by atoms with Crippen molar-refractivity contribution in [3.05, 3.63) is 18.0 Å². The zero-order valence-electron chi connectivity index (χ0n) is 12.7. The van der Waals surface area contributed by atoms with Gasteiger partial charge in [0.1, 0.15) is 5.82 Å². The van der Waals surface area contributed by atoms with Crippen molar-refractivity contribution in [2.24, 2.45) is 7.05 Å². The van der Waals surface area contributed by atoms with Crippen LogP contribution in [-0.4, -0.2) is 45.9 Å². The minimum absolute atomic E-state index is 0.304. The van der Waals surface area contributed by atoms with E-state index in [-0.39, 0.29) is 0 Å². The molecule has 0 aromatic carbocycles. The smallest absolute Gasteiger partial charge is 0.222 e. The first-order chi connectivity index (χ1) is 10.1. The summed E-state index contributed by atoms with van der Waals surface area (Å²) in [5.41, 5.74) is 8.79. The molecular formula is C14H21N7. The summed E-state index contributed by atoms with van der Waals surface area (Å²) < 4.78 is 1.83. The van der Waals surface area contributed by atoms with Gasteiger partial charge in [0, 0.05) is 43.5 Å². The lowest BCUT2D eigenvalue weighted by atomic mass is 10.2. The molecule has 1 aliphatic heterocycles. The predicted molar refractivity (Wildman–Crippen MR) is 83.1 cm³/mol. The van der Waals surface area contributed by atoms with Crippen molar-refractivity contribution in [1.29, 1.82) is 0 Å². The standard InChI is InChI=1S/C14H21N7/c1-9-11(7-17-20(9)3)12-6-13(19-14(15)18-12)21-5-4-10(8-21)16-2/h6-7,10,16H,4-5,8H2,1-3H3,(H2,15,18,19)/t10-/m1/s1. The van der Waals surface area contributed by atoms with Gasteiger partial charge in [0.25, 0.3) is 0 Å². The molecule has 21 heavy (non-hydrogen) atoms. The SMILES string of the molecule is CN[C@@H]1CCN(c2cc(-c3cnn(C)c3C)nc(N)n2)C1. The zero-order chi connectivity index (χ0) is 15.0. The summed E-state index contributed by atoms with van der Waals surface area (Å²) in [4.78, 5) is 11.0. The van der Waals surface area contributed by atoms with Crippen LogP contribution in [0.25, 0.3) is 11.3 Å². The highest BCUT2D eigenvalue weighted by atomic mass is 15.3. The summed E-state index contributed by atoms with van der Waals surface area (Å²) >= 11 is 0. The minimum atomic E-state index is 0.304. The molecule has 1 aliphatic rings. The molecule has 3 heterocycles. The molecule has 7 nitrogen and oxygen atoms in total. The van der Waals surface area contributed by atoms with Crippen LogP contribution in [0.4, 0.5) is 11.8 Å². The molecule has 2 aromatic rings. The van der Waals surface area contributed by atoms with Crippen molar-refractivity contribution in [2.45, 2.75) is 19.4 Å². The third kappa shape index (κ3) is 2.56. The Labute approximate surface area is 124 Å². The highest BCUT2D eigenvalue weighted by molar-refractivity contribution is 5.66. The van der Waals surface area contributed by atoms with E-state index in [0.717, 1.165) is 42.3 Å². The molecule has 7 heteroatoms. The number of anilines is 2. The van der Waals surface area contributed by atoms with Crippen LogP contribution in [0, 0.1) is 6.92 Å². The third-order valence-corrected chi connectivity index (χ3v) is 4.16. The fraction of sp³-hybridized carbons (Fsp3) is 0.500. The Kier molecular flexibility index (Phi) is 3.50. The summed E-state index contributed by atoms with van der Waals surface area (Å²) in [6, 6.07) is 2.50. The van der Waals surface area contributed by atoms with Crippen LogP contribution >= 0.6 is 0 Å². The molecule has 1 saturated heterocycles. The highest BCUT2D eigenvalue weighted by Gasteiger charge is 2.23. The van der Waals surface area contributed by atoms with Crippen molar-refractivity contribution in [2.75, 3.05) is 30.8 Å². The van der Waals surface area contributed by atoms with Crippen LogP contribution in [0.2, 0.25) is 0 Å². The number of nitrogens with one attached hydrogen (secondary N) is 1. The quantitative estimate of drug-likeness (QED) is 0.858. The molecule has 112 valence electrons. The summed E-state index contributed by atoms with van der Waals surface area (Å²) in [5, 5.41) is 7.57. The van der Waals surface area contributed by atoms with Crippen LogP contribution in [0.5, 0.6) is 0 Å². The van der Waals surface area contributed by atoms with E-state index in [1.165, 1.54) is 0 Å². The molecule has 0 radical (unpaired) electrons. The lowest BCUT2D eigenvalue weighted by Crippen LogP contribution is -2.30. The number of aromatic nitrogens is 4. The topological polar surface area (TPSA) is 84.9 Å². The monoisotopic (exact) mass is 287 g/mol. The molecule has 1 fully saturated rings. The van der Waals surface area contributed by atoms with Crippen molar-refractivity contribution in [3.63, 3.8) is 0 Å². The number of nitrogens with zero attached hydrogens (tertiary/aromatic N) is 5. The van der Waals surface area contributed by atoms with Crippen LogP contribution in [0.1, 0.15) is 12.1 Å². The second kappa shape index (κ2) is 5.33. The molecule has 0 amide bonds. The number of nitrogens with two attached hydrogens (primary N) is 1. The molecule has 0 saturated carbocycles. The largest absolute Gasteiger partial charge is 0.368 e. The summed E-state index contributed by atoms with van der Waals surface area (Å²) in [6.07, 6.45) is 2.93. The van der Waals surface area contributed by atoms with Crippen LogP contribution in [0.3, 0.4) is 0 Å². The normalized spacial score (nSPS) is 18.4. The Morgan fingerprint density at radius 2 is 2.19 bits per heavy atom. The molecule has 0 spiro atoms. The van der Waals surface area contributed by atoms with Crippen molar-refractivity contribution in [1.82, 2.24) is 25.1 Å². The highest BCUT2D eigenvalue weighted by Crippen LogP contribution is 2.26. The number of nitrogen functional groups attached to an aromatic ring is 1. The molecule has 0 bridgehead atoms. The Morgan fingerprint density at radius 3 is 2.81 bits per heavy atom. The number of aryl methyl sites for hydroxylation is 1. The van der Waals surface area contributed by atoms with Crippen molar-refractivity contribution in [3.8, 4) is 11.3 Å². The van der Waals surface area contributed by atoms with Gasteiger partial charge in [-0.1, -0.05) is 0 Å². The third-order valence-electron chi connectivity index (χ3n) is 4.16. The van der Waals surface area contributed by atoms with Gasteiger partial charge in [-0.05, 0) is 20.4 Å². The molecule has 1 atom stereocenters. The average molecular weight is 287 g/mol. The van der Waals surface area contributed by atoms with E-state index in [0.29, 0.717) is 12.0 Å². The van der Waals surface area contributed by atoms with E-state index in [1.54, 1.807) is 0 Å². The van der Waals surface area contributed by atoms with Gasteiger partial charge in [0.2, 0.25) is 5.95 Å². The zero-order valence-corrected chi connectivity index (χ0v) is 12.7. The van der Waals surface area contributed by atoms with Gasteiger partial charge in [-0.15, -0.1) is 0 Å². The van der Waals surface area contributed by atoms with Crippen molar-refractivity contribution < 1.29 is 0 Å². The summed E-state index contributed by atoms with van der Waals surface area (Å²) in [6.45, 7) is 3.94. The summed E-state index contributed by atoms with van der Waals surface area (Å²) in [5.74, 6) is 1.19. The van der Waals surface area contributed by atoms with Gasteiger partial charge in [0.15, 0.2) is 0 Å². The van der Waals surface area contributed by atoms with E-state index >= 15 is 0 Å². The number of hydrogen-bond donors (Lipinski definition) is 2. The Balaban J connectivity index is 1.95. The first-order valence-corrected chi connectivity index (χ1v) is 7.14. The number of likely N-dealkylation sites (N-methyl/N-ethyl adjacent to an activating group) is 1. The average Bonchev–Trinajstić information content (AvgIpc) is 3.06. The van der Waals surface area contributed by atoms with E-state index < -0.39 is 0 Å². The van der Waals surface area contributed by atoms with Gasteiger partial charge in [-0.25, -0.2) is 4.98 Å². The number of rotatable bonds is 3. The van der Waals surface area contributed by atoms with Gasteiger partial charge >= 0.3 is 0 Å². The second-order valence-corrected chi connectivity index (χ2v) is 5.46. The first-order valence-electron chi connectivity index (χ1n) is 7.14. The fourth-order valence-electron chi connectivity index (χ4n) is 2.71. The lowest BCUT2D eigenvalue weighted by molar-refractivity contribution is 0.616. The second-order valence-electron chi connectivity index (χ2n) is 5.46. The molecule has 0 aliphatic carbocycles. The van der Waals surface area contributed by atoms with Gasteiger partial charge < -0.3 is 16.0 Å². The molecular weight excluding hydrogens is 266 g/mol. The Bertz CT molecular complexity index is 649. The number of hydrogen-bond acceptors (Lipinski definition) is 6. The van der Waals surface area contributed by atoms with Gasteiger partial charge in [-0.3, -0.25) is 4.68 Å². The Morgan fingerprint density at radius 1 is 1.38 bits per heavy atom. The van der Waals surface area contributed by atoms with E-state index in [4.69, 9.17) is 5.73 Å². The predicted octanol–water partition coefficient (Wildman–Crippen LogP) is 0.566. The summed E-state index contributed by atoms with van der Waals surface area (Å²) in [7, 11) is 3.91. The maximum absolute atomic E-state index is 5.90. The molecule has 3 rings (SSSR count). The van der Waals surface area contributed by atoms with E-state index in [1.807, 2.05) is 38.0 Å². The maximum Gasteiger partial charge on any atom is 0.222 e. The van der Waals surface area contributed by atoms with E-state index in [9.17, 15) is 0 Å². The Hall–Kier alpha value is -2.15. The molecule has 3 N–H and O–H groups in total. The van der Waals surface area contributed by atoms with Gasteiger partial charge in [-0.2, -0.15) is 10.1 Å². The molecule has 2 aromatic heterocycles. The van der Waals surface area contributed by atoms with Crippen LogP contribution in [-0.2, 0) is 7.05 Å². The maximum atomic E-state index is 5.90. The van der Waals surface area contributed by atoms with E-state index in [2.05, 4.69) is 25.3 Å². The fourth-order valence-corrected chi connectivity index (χ4v) is 2.71.